The lowest BCUT2D eigenvalue weighted by molar-refractivity contribution is -0.966. The van der Waals surface area contributed by atoms with Crippen LogP contribution >= 0.6 is 0 Å². The molecule has 2 aromatic rings. The predicted octanol–water partition coefficient (Wildman–Crippen LogP) is 1.79. The number of nitrogens with zero attached hydrogens (tertiary/aromatic N) is 1. The molecule has 1 aliphatic carbocycles. The van der Waals surface area contributed by atoms with Gasteiger partial charge in [0.25, 0.3) is 0 Å². The van der Waals surface area contributed by atoms with E-state index in [0.717, 1.165) is 18.4 Å². The van der Waals surface area contributed by atoms with Crippen LogP contribution in [-0.2, 0) is 17.9 Å². The SMILES string of the molecule is C[C@@]12[C@H]3CC[C@@H]1[C@@H](OCc1ccccc1)C[N@+]2(Cc1ccccc1)CC3.[Br-]. The topological polar surface area (TPSA) is 9.23 Å². The molecule has 2 aromatic carbocycles. The van der Waals surface area contributed by atoms with E-state index in [1.54, 1.807) is 0 Å². The first-order valence-corrected chi connectivity index (χ1v) is 10.3. The van der Waals surface area contributed by atoms with Crippen molar-refractivity contribution in [3.63, 3.8) is 0 Å². The van der Waals surface area contributed by atoms with Gasteiger partial charge in [-0.1, -0.05) is 60.7 Å². The Hall–Kier alpha value is -1.16. The third-order valence-electron chi connectivity index (χ3n) is 7.94. The second kappa shape index (κ2) is 7.35. The molecule has 0 aromatic heterocycles. The minimum Gasteiger partial charge on any atom is -1.00 e. The highest BCUT2D eigenvalue weighted by Crippen LogP contribution is 2.61. The number of hydrogen-bond donors (Lipinski definition) is 0. The van der Waals surface area contributed by atoms with Gasteiger partial charge in [0.15, 0.2) is 0 Å². The lowest BCUT2D eigenvalue weighted by Gasteiger charge is -2.43. The Morgan fingerprint density at radius 2 is 1.59 bits per heavy atom. The van der Waals surface area contributed by atoms with Crippen LogP contribution in [0.4, 0.5) is 0 Å². The third-order valence-corrected chi connectivity index (χ3v) is 7.94. The standard InChI is InChI=1S/C24H30NO.BrH/c1-24-21-12-13-22(24)23(26-18-20-10-6-3-7-11-20)17-25(24,15-14-21)16-19-8-4-2-5-9-19;/h2-11,21-23H,12-18H2,1H3;1H/q+1;/p-1/t21-,22+,23-,24+,25+;/m0./s1. The molecule has 144 valence electrons. The normalized spacial score (nSPS) is 36.4. The summed E-state index contributed by atoms with van der Waals surface area (Å²) in [6, 6.07) is 21.8. The van der Waals surface area contributed by atoms with Crippen molar-refractivity contribution in [3.8, 4) is 0 Å². The van der Waals surface area contributed by atoms with E-state index >= 15 is 0 Å². The molecular formula is C24H30BrNO. The zero-order valence-electron chi connectivity index (χ0n) is 16.2. The molecule has 0 amide bonds. The van der Waals surface area contributed by atoms with Gasteiger partial charge in [-0.25, -0.2) is 0 Å². The first kappa shape index (κ1) is 19.2. The quantitative estimate of drug-likeness (QED) is 0.660. The first-order chi connectivity index (χ1) is 12.7. The fourth-order valence-electron chi connectivity index (χ4n) is 6.60. The summed E-state index contributed by atoms with van der Waals surface area (Å²) in [7, 11) is 0. The van der Waals surface area contributed by atoms with Crippen molar-refractivity contribution in [2.24, 2.45) is 11.8 Å². The molecule has 5 atom stereocenters. The highest BCUT2D eigenvalue weighted by atomic mass is 79.9. The van der Waals surface area contributed by atoms with Crippen molar-refractivity contribution in [2.75, 3.05) is 13.1 Å². The van der Waals surface area contributed by atoms with Crippen molar-refractivity contribution >= 4 is 0 Å². The second-order valence-electron chi connectivity index (χ2n) is 8.93. The Morgan fingerprint density at radius 3 is 2.30 bits per heavy atom. The molecule has 3 heteroatoms. The molecule has 0 unspecified atom stereocenters. The Bertz CT molecular complexity index is 766. The van der Waals surface area contributed by atoms with E-state index in [1.165, 1.54) is 54.5 Å². The largest absolute Gasteiger partial charge is 1.00 e. The zero-order chi connectivity index (χ0) is 17.6. The average molecular weight is 428 g/mol. The van der Waals surface area contributed by atoms with Crippen LogP contribution in [0.2, 0.25) is 0 Å². The van der Waals surface area contributed by atoms with Crippen LogP contribution < -0.4 is 17.0 Å². The van der Waals surface area contributed by atoms with Gasteiger partial charge in [0.2, 0.25) is 0 Å². The second-order valence-corrected chi connectivity index (χ2v) is 8.93. The van der Waals surface area contributed by atoms with E-state index in [9.17, 15) is 0 Å². The minimum absolute atomic E-state index is 0. The molecule has 0 N–H and O–H groups in total. The van der Waals surface area contributed by atoms with Gasteiger partial charge in [-0.3, -0.25) is 0 Å². The molecule has 1 saturated carbocycles. The van der Waals surface area contributed by atoms with E-state index < -0.39 is 0 Å². The number of rotatable bonds is 5. The maximum Gasteiger partial charge on any atom is 0.116 e. The van der Waals surface area contributed by atoms with E-state index in [-0.39, 0.29) is 17.0 Å². The summed E-state index contributed by atoms with van der Waals surface area (Å²) in [6.07, 6.45) is 4.58. The lowest BCUT2D eigenvalue weighted by Crippen LogP contribution is -3.00. The minimum atomic E-state index is 0. The van der Waals surface area contributed by atoms with Crippen molar-refractivity contribution < 1.29 is 26.2 Å². The number of halogens is 1. The number of benzene rings is 2. The molecule has 0 spiro atoms. The van der Waals surface area contributed by atoms with E-state index in [0.29, 0.717) is 11.6 Å². The predicted molar refractivity (Wildman–Crippen MR) is 104 cm³/mol. The fraction of sp³-hybridized carbons (Fsp3) is 0.500. The molecule has 3 aliphatic rings. The van der Waals surface area contributed by atoms with Crippen molar-refractivity contribution in [3.05, 3.63) is 71.8 Å². The van der Waals surface area contributed by atoms with Crippen LogP contribution in [0.25, 0.3) is 0 Å². The summed E-state index contributed by atoms with van der Waals surface area (Å²) < 4.78 is 7.82. The van der Waals surface area contributed by atoms with Crippen LogP contribution in [-0.4, -0.2) is 29.2 Å². The van der Waals surface area contributed by atoms with Crippen molar-refractivity contribution in [1.29, 1.82) is 0 Å². The summed E-state index contributed by atoms with van der Waals surface area (Å²) in [4.78, 5) is 0. The summed E-state index contributed by atoms with van der Waals surface area (Å²) in [5.41, 5.74) is 3.20. The lowest BCUT2D eigenvalue weighted by atomic mass is 9.83. The molecule has 5 rings (SSSR count). The van der Waals surface area contributed by atoms with Crippen molar-refractivity contribution in [2.45, 2.75) is 51.0 Å². The van der Waals surface area contributed by atoms with Gasteiger partial charge < -0.3 is 26.2 Å². The fourth-order valence-corrected chi connectivity index (χ4v) is 6.60. The third kappa shape index (κ3) is 2.99. The van der Waals surface area contributed by atoms with Crippen LogP contribution in [0.1, 0.15) is 37.3 Å². The smallest absolute Gasteiger partial charge is 0.116 e. The van der Waals surface area contributed by atoms with Gasteiger partial charge in [-0.05, 0) is 25.3 Å². The molecule has 2 nitrogen and oxygen atoms in total. The number of quaternary nitrogens is 1. The molecule has 2 aliphatic heterocycles. The Kier molecular flexibility index (Phi) is 5.22. The Morgan fingerprint density at radius 1 is 0.926 bits per heavy atom. The maximum absolute atomic E-state index is 6.57. The van der Waals surface area contributed by atoms with Gasteiger partial charge in [-0.2, -0.15) is 0 Å². The molecule has 3 fully saturated rings. The molecule has 27 heavy (non-hydrogen) atoms. The molecule has 0 radical (unpaired) electrons. The molecule has 0 bridgehead atoms. The number of hydrogen-bond acceptors (Lipinski definition) is 1. The van der Waals surface area contributed by atoms with Crippen molar-refractivity contribution in [1.82, 2.24) is 0 Å². The van der Waals surface area contributed by atoms with E-state index in [2.05, 4.69) is 67.6 Å². The monoisotopic (exact) mass is 427 g/mol. The van der Waals surface area contributed by atoms with Gasteiger partial charge >= 0.3 is 0 Å². The summed E-state index contributed by atoms with van der Waals surface area (Å²) >= 11 is 0. The van der Waals surface area contributed by atoms with Gasteiger partial charge in [0, 0.05) is 23.8 Å². The summed E-state index contributed by atoms with van der Waals surface area (Å²) in [5.74, 6) is 1.61. The molecule has 2 saturated heterocycles. The van der Waals surface area contributed by atoms with E-state index in [4.69, 9.17) is 4.74 Å². The van der Waals surface area contributed by atoms with Gasteiger partial charge in [0.1, 0.15) is 24.7 Å². The van der Waals surface area contributed by atoms with Gasteiger partial charge in [-0.15, -0.1) is 0 Å². The summed E-state index contributed by atoms with van der Waals surface area (Å²) in [5, 5.41) is 0. The molecular weight excluding hydrogens is 398 g/mol. The zero-order valence-corrected chi connectivity index (χ0v) is 17.8. The highest BCUT2D eigenvalue weighted by Gasteiger charge is 2.71. The Labute approximate surface area is 173 Å². The van der Waals surface area contributed by atoms with Crippen LogP contribution in [0.3, 0.4) is 0 Å². The maximum atomic E-state index is 6.57. The van der Waals surface area contributed by atoms with E-state index in [1.807, 2.05) is 0 Å². The number of ether oxygens (including phenoxy) is 1. The average Bonchev–Trinajstić information content (AvgIpc) is 3.24. The summed E-state index contributed by atoms with van der Waals surface area (Å²) in [6.45, 7) is 7.05. The molecule has 2 heterocycles. The van der Waals surface area contributed by atoms with Crippen LogP contribution in [0.5, 0.6) is 0 Å². The first-order valence-electron chi connectivity index (χ1n) is 10.3. The van der Waals surface area contributed by atoms with Crippen LogP contribution in [0, 0.1) is 11.8 Å². The van der Waals surface area contributed by atoms with Crippen LogP contribution in [0.15, 0.2) is 60.7 Å². The van der Waals surface area contributed by atoms with Gasteiger partial charge in [0.05, 0.1) is 13.2 Å². The highest BCUT2D eigenvalue weighted by molar-refractivity contribution is 5.16. The Balaban J connectivity index is 0.00000180.